The van der Waals surface area contributed by atoms with Crippen LogP contribution in [0.4, 0.5) is 5.69 Å². The monoisotopic (exact) mass is 303 g/mol. The molecule has 2 N–H and O–H groups in total. The number of phenolic OH excluding ortho intramolecular Hbond substituents is 1. The third kappa shape index (κ3) is 3.55. The Kier molecular flexibility index (Phi) is 5.36. The van der Waals surface area contributed by atoms with E-state index in [9.17, 15) is 5.11 Å². The number of para-hydroxylation sites is 1. The number of benzene rings is 2. The molecule has 0 unspecified atom stereocenters. The second kappa shape index (κ2) is 7.45. The summed E-state index contributed by atoms with van der Waals surface area (Å²) < 4.78 is 15.9. The number of methoxy groups -OCH3 is 2. The number of rotatable bonds is 7. The summed E-state index contributed by atoms with van der Waals surface area (Å²) in [5, 5.41) is 13.4. The van der Waals surface area contributed by atoms with Crippen molar-refractivity contribution in [1.29, 1.82) is 0 Å². The normalized spacial score (nSPS) is 10.1. The minimum atomic E-state index is 0.157. The standard InChI is InChI=1S/C17H21NO4/c1-4-22-15-7-5-6-12(17(15)19)11-18-14-9-8-13(20-2)10-16(14)21-3/h5-10,18-19H,4,11H2,1-3H3. The van der Waals surface area contributed by atoms with E-state index in [0.29, 0.717) is 24.7 Å². The van der Waals surface area contributed by atoms with Crippen LogP contribution in [0.3, 0.4) is 0 Å². The van der Waals surface area contributed by atoms with Crippen molar-refractivity contribution in [2.24, 2.45) is 0 Å². The van der Waals surface area contributed by atoms with Crippen molar-refractivity contribution in [3.05, 3.63) is 42.0 Å². The van der Waals surface area contributed by atoms with Gasteiger partial charge in [-0.15, -0.1) is 0 Å². The van der Waals surface area contributed by atoms with Gasteiger partial charge in [-0.3, -0.25) is 0 Å². The van der Waals surface area contributed by atoms with Crippen LogP contribution >= 0.6 is 0 Å². The van der Waals surface area contributed by atoms with Crippen molar-refractivity contribution in [3.8, 4) is 23.0 Å². The molecule has 0 radical (unpaired) electrons. The number of hydrogen-bond donors (Lipinski definition) is 2. The maximum Gasteiger partial charge on any atom is 0.162 e. The summed E-state index contributed by atoms with van der Waals surface area (Å²) in [5.74, 6) is 2.05. The molecule has 0 aliphatic carbocycles. The molecule has 0 spiro atoms. The molecule has 0 saturated carbocycles. The number of hydrogen-bond acceptors (Lipinski definition) is 5. The molecule has 2 rings (SSSR count). The highest BCUT2D eigenvalue weighted by Crippen LogP contribution is 2.32. The first-order valence-electron chi connectivity index (χ1n) is 7.09. The van der Waals surface area contributed by atoms with Crippen LogP contribution < -0.4 is 19.5 Å². The van der Waals surface area contributed by atoms with E-state index in [0.717, 1.165) is 17.0 Å². The molecule has 0 aliphatic heterocycles. The van der Waals surface area contributed by atoms with Gasteiger partial charge in [0.1, 0.15) is 11.5 Å². The lowest BCUT2D eigenvalue weighted by atomic mass is 10.1. The van der Waals surface area contributed by atoms with Crippen LogP contribution in [0.1, 0.15) is 12.5 Å². The predicted molar refractivity (Wildman–Crippen MR) is 86.1 cm³/mol. The zero-order chi connectivity index (χ0) is 15.9. The third-order valence-corrected chi connectivity index (χ3v) is 3.26. The van der Waals surface area contributed by atoms with Crippen LogP contribution in [0.15, 0.2) is 36.4 Å². The fraction of sp³-hybridized carbons (Fsp3) is 0.294. The Morgan fingerprint density at radius 1 is 1.05 bits per heavy atom. The van der Waals surface area contributed by atoms with Gasteiger partial charge in [0.05, 0.1) is 26.5 Å². The molecule has 0 amide bonds. The summed E-state index contributed by atoms with van der Waals surface area (Å²) in [6.07, 6.45) is 0. The van der Waals surface area contributed by atoms with Gasteiger partial charge in [-0.25, -0.2) is 0 Å². The number of nitrogens with one attached hydrogen (secondary N) is 1. The molecule has 5 heteroatoms. The van der Waals surface area contributed by atoms with Crippen molar-refractivity contribution in [3.63, 3.8) is 0 Å². The van der Waals surface area contributed by atoms with Gasteiger partial charge in [0.25, 0.3) is 0 Å². The summed E-state index contributed by atoms with van der Waals surface area (Å²) in [5.41, 5.74) is 1.58. The van der Waals surface area contributed by atoms with Crippen LogP contribution in [0.5, 0.6) is 23.0 Å². The van der Waals surface area contributed by atoms with Gasteiger partial charge in [0.2, 0.25) is 0 Å². The number of phenols is 1. The Bertz CT molecular complexity index is 628. The lowest BCUT2D eigenvalue weighted by Gasteiger charge is -2.14. The van der Waals surface area contributed by atoms with E-state index >= 15 is 0 Å². The first-order chi connectivity index (χ1) is 10.7. The van der Waals surface area contributed by atoms with Gasteiger partial charge in [-0.05, 0) is 25.1 Å². The van der Waals surface area contributed by atoms with Crippen LogP contribution in [0, 0.1) is 0 Å². The Hall–Kier alpha value is -2.56. The van der Waals surface area contributed by atoms with Crippen molar-refractivity contribution in [1.82, 2.24) is 0 Å². The van der Waals surface area contributed by atoms with Crippen LogP contribution in [-0.2, 0) is 6.54 Å². The van der Waals surface area contributed by atoms with Gasteiger partial charge in [0, 0.05) is 18.2 Å². The fourth-order valence-electron chi connectivity index (χ4n) is 2.12. The zero-order valence-electron chi connectivity index (χ0n) is 13.1. The first kappa shape index (κ1) is 15.8. The molecule has 2 aromatic carbocycles. The molecule has 0 atom stereocenters. The molecule has 2 aromatic rings. The molecular weight excluding hydrogens is 282 g/mol. The lowest BCUT2D eigenvalue weighted by molar-refractivity contribution is 0.317. The maximum atomic E-state index is 10.2. The van der Waals surface area contributed by atoms with Crippen molar-refractivity contribution >= 4 is 5.69 Å². The van der Waals surface area contributed by atoms with E-state index < -0.39 is 0 Å². The molecular formula is C17H21NO4. The molecule has 0 bridgehead atoms. The third-order valence-electron chi connectivity index (χ3n) is 3.26. The highest BCUT2D eigenvalue weighted by Gasteiger charge is 2.09. The minimum Gasteiger partial charge on any atom is -0.504 e. The van der Waals surface area contributed by atoms with Crippen molar-refractivity contribution < 1.29 is 19.3 Å². The van der Waals surface area contributed by atoms with E-state index in [2.05, 4.69) is 5.32 Å². The van der Waals surface area contributed by atoms with Crippen LogP contribution in [-0.4, -0.2) is 25.9 Å². The van der Waals surface area contributed by atoms with Gasteiger partial charge >= 0.3 is 0 Å². The second-order valence-electron chi connectivity index (χ2n) is 4.62. The molecule has 0 fully saturated rings. The molecule has 0 heterocycles. The average Bonchev–Trinajstić information content (AvgIpc) is 2.55. The fourth-order valence-corrected chi connectivity index (χ4v) is 2.12. The van der Waals surface area contributed by atoms with Crippen molar-refractivity contribution in [2.45, 2.75) is 13.5 Å². The summed E-state index contributed by atoms with van der Waals surface area (Å²) >= 11 is 0. The number of ether oxygens (including phenoxy) is 3. The molecule has 0 saturated heterocycles. The number of aromatic hydroxyl groups is 1. The Labute approximate surface area is 130 Å². The van der Waals surface area contributed by atoms with Crippen LogP contribution in [0.2, 0.25) is 0 Å². The van der Waals surface area contributed by atoms with Gasteiger partial charge in [-0.1, -0.05) is 12.1 Å². The average molecular weight is 303 g/mol. The van der Waals surface area contributed by atoms with Crippen LogP contribution in [0.25, 0.3) is 0 Å². The highest BCUT2D eigenvalue weighted by molar-refractivity contribution is 5.60. The minimum absolute atomic E-state index is 0.157. The Morgan fingerprint density at radius 3 is 2.55 bits per heavy atom. The second-order valence-corrected chi connectivity index (χ2v) is 4.62. The molecule has 0 aliphatic rings. The van der Waals surface area contributed by atoms with E-state index in [1.54, 1.807) is 26.4 Å². The molecule has 0 aromatic heterocycles. The summed E-state index contributed by atoms with van der Waals surface area (Å²) in [7, 11) is 3.21. The largest absolute Gasteiger partial charge is 0.504 e. The summed E-state index contributed by atoms with van der Waals surface area (Å²) in [6.45, 7) is 2.85. The molecule has 5 nitrogen and oxygen atoms in total. The van der Waals surface area contributed by atoms with Gasteiger partial charge in [-0.2, -0.15) is 0 Å². The maximum absolute atomic E-state index is 10.2. The highest BCUT2D eigenvalue weighted by atomic mass is 16.5. The van der Waals surface area contributed by atoms with E-state index in [1.807, 2.05) is 31.2 Å². The first-order valence-corrected chi connectivity index (χ1v) is 7.09. The predicted octanol–water partition coefficient (Wildman–Crippen LogP) is 3.42. The topological polar surface area (TPSA) is 60.0 Å². The summed E-state index contributed by atoms with van der Waals surface area (Å²) in [4.78, 5) is 0. The Balaban J connectivity index is 2.15. The number of anilines is 1. The van der Waals surface area contributed by atoms with E-state index in [-0.39, 0.29) is 5.75 Å². The Morgan fingerprint density at radius 2 is 1.86 bits per heavy atom. The van der Waals surface area contributed by atoms with E-state index in [4.69, 9.17) is 14.2 Å². The summed E-state index contributed by atoms with van der Waals surface area (Å²) in [6, 6.07) is 11.0. The smallest absolute Gasteiger partial charge is 0.162 e. The van der Waals surface area contributed by atoms with Gasteiger partial charge in [0.15, 0.2) is 11.5 Å². The zero-order valence-corrected chi connectivity index (χ0v) is 13.1. The molecule has 118 valence electrons. The lowest BCUT2D eigenvalue weighted by Crippen LogP contribution is -2.03. The van der Waals surface area contributed by atoms with Gasteiger partial charge < -0.3 is 24.6 Å². The SMILES string of the molecule is CCOc1cccc(CNc2ccc(OC)cc2OC)c1O. The van der Waals surface area contributed by atoms with Crippen molar-refractivity contribution in [2.75, 3.05) is 26.1 Å². The molecule has 22 heavy (non-hydrogen) atoms. The quantitative estimate of drug-likeness (QED) is 0.820. The van der Waals surface area contributed by atoms with E-state index in [1.165, 1.54) is 0 Å².